The Hall–Kier alpha value is -2.46. The minimum atomic E-state index is -0.396. The highest BCUT2D eigenvalue weighted by molar-refractivity contribution is 5.55. The summed E-state index contributed by atoms with van der Waals surface area (Å²) in [5, 5.41) is 7.36. The van der Waals surface area contributed by atoms with Gasteiger partial charge in [0.2, 0.25) is 0 Å². The Bertz CT molecular complexity index is 872. The lowest BCUT2D eigenvalue weighted by molar-refractivity contribution is 0.476. The first-order valence-electron chi connectivity index (χ1n) is 9.32. The van der Waals surface area contributed by atoms with Crippen molar-refractivity contribution in [1.29, 1.82) is 0 Å². The van der Waals surface area contributed by atoms with Gasteiger partial charge in [0.25, 0.3) is 0 Å². The van der Waals surface area contributed by atoms with Crippen molar-refractivity contribution in [2.75, 3.05) is 0 Å². The molecule has 1 heterocycles. The first-order valence-corrected chi connectivity index (χ1v) is 9.32. The van der Waals surface area contributed by atoms with Gasteiger partial charge in [-0.05, 0) is 62.3 Å². The first-order chi connectivity index (χ1) is 12.5. The number of nitrogens with two attached hydrogens (primary N) is 1. The van der Waals surface area contributed by atoms with Gasteiger partial charge in [-0.1, -0.05) is 47.5 Å². The Labute approximate surface area is 154 Å². The molecule has 0 fully saturated rings. The Kier molecular flexibility index (Phi) is 4.16. The molecule has 2 aromatic carbocycles. The molecule has 1 aromatic heterocycles. The number of H-pyrrole nitrogens is 1. The van der Waals surface area contributed by atoms with E-state index < -0.39 is 5.41 Å². The van der Waals surface area contributed by atoms with E-state index >= 15 is 0 Å². The van der Waals surface area contributed by atoms with Crippen LogP contribution in [0.25, 0.3) is 0 Å². The maximum absolute atomic E-state index is 6.38. The van der Waals surface area contributed by atoms with Crippen LogP contribution in [0.4, 0.5) is 0 Å². The second kappa shape index (κ2) is 6.36. The van der Waals surface area contributed by atoms with Crippen LogP contribution in [-0.2, 0) is 18.3 Å². The fourth-order valence-corrected chi connectivity index (χ4v) is 4.57. The molecular weight excluding hydrogens is 320 g/mol. The molecule has 4 rings (SSSR count). The molecule has 0 spiro atoms. The van der Waals surface area contributed by atoms with Crippen molar-refractivity contribution < 1.29 is 0 Å². The maximum Gasteiger partial charge on any atom is 0.139 e. The van der Waals surface area contributed by atoms with Crippen LogP contribution >= 0.6 is 0 Å². The monoisotopic (exact) mass is 346 g/mol. The minimum absolute atomic E-state index is 0.0292. The molecule has 0 amide bonds. The first kappa shape index (κ1) is 17.0. The van der Waals surface area contributed by atoms with Crippen LogP contribution in [0.15, 0.2) is 42.7 Å². The minimum Gasteiger partial charge on any atom is -0.328 e. The number of aromatic amines is 1. The molecule has 0 bridgehead atoms. The Morgan fingerprint density at radius 3 is 2.08 bits per heavy atom. The number of fused-ring (bicyclic) bond motifs is 2. The Balaban J connectivity index is 2.10. The molecule has 4 heteroatoms. The van der Waals surface area contributed by atoms with Gasteiger partial charge in [-0.2, -0.15) is 5.10 Å². The highest BCUT2D eigenvalue weighted by Gasteiger charge is 2.43. The van der Waals surface area contributed by atoms with Crippen LogP contribution in [-0.4, -0.2) is 21.2 Å². The molecule has 26 heavy (non-hydrogen) atoms. The van der Waals surface area contributed by atoms with Gasteiger partial charge in [-0.15, -0.1) is 0 Å². The summed E-state index contributed by atoms with van der Waals surface area (Å²) in [4.78, 5) is 4.63. The number of nitrogens with zero attached hydrogens (tertiary/aromatic N) is 2. The number of benzene rings is 2. The number of nitrogens with one attached hydrogen (secondary N) is 1. The lowest BCUT2D eigenvalue weighted by Gasteiger charge is -2.36. The molecule has 0 aliphatic heterocycles. The van der Waals surface area contributed by atoms with Crippen molar-refractivity contribution >= 4 is 0 Å². The van der Waals surface area contributed by atoms with Crippen LogP contribution in [0.1, 0.15) is 52.5 Å². The van der Waals surface area contributed by atoms with E-state index in [4.69, 9.17) is 5.73 Å². The van der Waals surface area contributed by atoms with Crippen molar-refractivity contribution in [1.82, 2.24) is 15.2 Å². The van der Waals surface area contributed by atoms with Gasteiger partial charge in [-0.25, -0.2) is 4.98 Å². The quantitative estimate of drug-likeness (QED) is 0.761. The normalized spacial score (nSPS) is 16.5. The summed E-state index contributed by atoms with van der Waals surface area (Å²) >= 11 is 0. The Morgan fingerprint density at radius 2 is 1.62 bits per heavy atom. The smallest absolute Gasteiger partial charge is 0.139 e. The van der Waals surface area contributed by atoms with E-state index in [2.05, 4.69) is 72.4 Å². The van der Waals surface area contributed by atoms with E-state index in [-0.39, 0.29) is 6.04 Å². The lowest BCUT2D eigenvalue weighted by Crippen LogP contribution is -2.38. The molecule has 3 N–H and O–H groups in total. The molecule has 134 valence electrons. The fourth-order valence-electron chi connectivity index (χ4n) is 4.57. The summed E-state index contributed by atoms with van der Waals surface area (Å²) < 4.78 is 0. The van der Waals surface area contributed by atoms with Crippen LogP contribution in [0.5, 0.6) is 0 Å². The van der Waals surface area contributed by atoms with Gasteiger partial charge in [0.15, 0.2) is 0 Å². The van der Waals surface area contributed by atoms with Gasteiger partial charge < -0.3 is 5.73 Å². The number of aromatic nitrogens is 3. The summed E-state index contributed by atoms with van der Waals surface area (Å²) in [5.41, 5.74) is 13.9. The third-order valence-electron chi connectivity index (χ3n) is 5.55. The van der Waals surface area contributed by atoms with E-state index in [9.17, 15) is 0 Å². The SMILES string of the molecule is Cc1ccc2c(c1)CCc1cc(C)ccc1C2(C[C@H](C)N)c1ncn[nH]1. The molecule has 0 unspecified atom stereocenters. The predicted molar refractivity (Wildman–Crippen MR) is 104 cm³/mol. The molecular formula is C22H26N4. The van der Waals surface area contributed by atoms with Gasteiger partial charge in [0.05, 0.1) is 5.41 Å². The van der Waals surface area contributed by atoms with Crippen molar-refractivity contribution in [2.24, 2.45) is 5.73 Å². The van der Waals surface area contributed by atoms with Gasteiger partial charge in [-0.3, -0.25) is 5.10 Å². The molecule has 0 saturated heterocycles. The Morgan fingerprint density at radius 1 is 1.04 bits per heavy atom. The van der Waals surface area contributed by atoms with Crippen molar-refractivity contribution in [3.63, 3.8) is 0 Å². The van der Waals surface area contributed by atoms with Crippen molar-refractivity contribution in [3.8, 4) is 0 Å². The molecule has 0 saturated carbocycles. The van der Waals surface area contributed by atoms with E-state index in [0.29, 0.717) is 0 Å². The molecule has 3 aromatic rings. The largest absolute Gasteiger partial charge is 0.328 e. The van der Waals surface area contributed by atoms with Crippen molar-refractivity contribution in [3.05, 3.63) is 81.9 Å². The van der Waals surface area contributed by atoms with Crippen LogP contribution < -0.4 is 5.73 Å². The van der Waals surface area contributed by atoms with Crippen LogP contribution in [0.2, 0.25) is 0 Å². The second-order valence-corrected chi connectivity index (χ2v) is 7.74. The fraction of sp³-hybridized carbons (Fsp3) is 0.364. The highest BCUT2D eigenvalue weighted by Crippen LogP contribution is 2.46. The maximum atomic E-state index is 6.38. The van der Waals surface area contributed by atoms with Gasteiger partial charge in [0.1, 0.15) is 12.2 Å². The molecule has 1 atom stereocenters. The predicted octanol–water partition coefficient (Wildman–Crippen LogP) is 3.59. The summed E-state index contributed by atoms with van der Waals surface area (Å²) in [6.07, 6.45) is 4.45. The average Bonchev–Trinajstić information content (AvgIpc) is 3.09. The van der Waals surface area contributed by atoms with E-state index in [1.807, 2.05) is 0 Å². The van der Waals surface area contributed by atoms with Crippen LogP contribution in [0, 0.1) is 13.8 Å². The van der Waals surface area contributed by atoms with Crippen LogP contribution in [0.3, 0.4) is 0 Å². The third-order valence-corrected chi connectivity index (χ3v) is 5.55. The summed E-state index contributed by atoms with van der Waals surface area (Å²) in [5.74, 6) is 0.881. The zero-order valence-electron chi connectivity index (χ0n) is 15.7. The molecule has 1 aliphatic carbocycles. The molecule has 4 nitrogen and oxygen atoms in total. The number of hydrogen-bond acceptors (Lipinski definition) is 3. The highest BCUT2D eigenvalue weighted by atomic mass is 15.2. The van der Waals surface area contributed by atoms with Gasteiger partial charge in [0, 0.05) is 6.04 Å². The zero-order chi connectivity index (χ0) is 18.3. The number of aryl methyl sites for hydroxylation is 4. The van der Waals surface area contributed by atoms with Gasteiger partial charge >= 0.3 is 0 Å². The average molecular weight is 346 g/mol. The lowest BCUT2D eigenvalue weighted by atomic mass is 9.68. The number of hydrogen-bond donors (Lipinski definition) is 2. The van der Waals surface area contributed by atoms with E-state index in [0.717, 1.165) is 25.1 Å². The number of rotatable bonds is 3. The second-order valence-electron chi connectivity index (χ2n) is 7.74. The summed E-state index contributed by atoms with van der Waals surface area (Å²) in [7, 11) is 0. The van der Waals surface area contributed by atoms with Crippen molar-refractivity contribution in [2.45, 2.75) is 51.5 Å². The standard InChI is InChI=1S/C22H26N4/c1-14-4-8-19-17(10-14)6-7-18-11-15(2)5-9-20(18)22(19,12-16(3)23)21-24-13-25-26-21/h4-5,8-11,13,16H,6-7,12,23H2,1-3H3,(H,24,25,26)/t16-/m0/s1. The topological polar surface area (TPSA) is 67.6 Å². The van der Waals surface area contributed by atoms with E-state index in [1.54, 1.807) is 6.33 Å². The zero-order valence-corrected chi connectivity index (χ0v) is 15.7. The summed E-state index contributed by atoms with van der Waals surface area (Å²) in [6.45, 7) is 6.39. The van der Waals surface area contributed by atoms with E-state index in [1.165, 1.54) is 33.4 Å². The molecule has 0 radical (unpaired) electrons. The summed E-state index contributed by atoms with van der Waals surface area (Å²) in [6, 6.07) is 13.6. The molecule has 1 aliphatic rings. The third kappa shape index (κ3) is 2.65.